The highest BCUT2D eigenvalue weighted by atomic mass is 32.2. The lowest BCUT2D eigenvalue weighted by Crippen LogP contribution is -2.40. The summed E-state index contributed by atoms with van der Waals surface area (Å²) in [6.07, 6.45) is 4.11. The molecular weight excluding hydrogens is 384 g/mol. The minimum Gasteiger partial charge on any atom is -0.353 e. The molecule has 28 heavy (non-hydrogen) atoms. The molecule has 1 heterocycles. The van der Waals surface area contributed by atoms with E-state index in [4.69, 9.17) is 0 Å². The molecule has 0 bridgehead atoms. The Balaban J connectivity index is 1.50. The molecule has 8 heteroatoms. The van der Waals surface area contributed by atoms with Gasteiger partial charge in [0.05, 0.1) is 0 Å². The van der Waals surface area contributed by atoms with Crippen molar-refractivity contribution in [2.45, 2.75) is 61.9 Å². The van der Waals surface area contributed by atoms with Crippen LogP contribution in [0.3, 0.4) is 0 Å². The Hall–Kier alpha value is -1.96. The minimum atomic E-state index is -1.23. The molecule has 1 aromatic rings. The molecule has 3 fully saturated rings. The number of carbonyl (C=O) groups is 2. The van der Waals surface area contributed by atoms with Gasteiger partial charge in [-0.1, -0.05) is 23.9 Å². The first kappa shape index (κ1) is 19.4. The zero-order chi connectivity index (χ0) is 19.7. The third-order valence-electron chi connectivity index (χ3n) is 5.43. The quantitative estimate of drug-likeness (QED) is 0.750. The first-order chi connectivity index (χ1) is 13.4. The lowest BCUT2D eigenvalue weighted by Gasteiger charge is -2.35. The molecule has 5 nitrogen and oxygen atoms in total. The van der Waals surface area contributed by atoms with Crippen LogP contribution in [-0.4, -0.2) is 45.4 Å². The van der Waals surface area contributed by atoms with Gasteiger partial charge < -0.3 is 5.32 Å². The number of nitrogens with one attached hydrogen (secondary N) is 1. The van der Waals surface area contributed by atoms with Crippen molar-refractivity contribution in [1.29, 1.82) is 0 Å². The van der Waals surface area contributed by atoms with Gasteiger partial charge in [-0.3, -0.25) is 14.5 Å². The van der Waals surface area contributed by atoms with Crippen molar-refractivity contribution in [3.63, 3.8) is 0 Å². The van der Waals surface area contributed by atoms with E-state index in [0.717, 1.165) is 31.0 Å². The summed E-state index contributed by atoms with van der Waals surface area (Å²) in [7, 11) is 0. The van der Waals surface area contributed by atoms with E-state index in [0.29, 0.717) is 18.0 Å². The number of aliphatic imine (C=N–C) groups is 1. The summed E-state index contributed by atoms with van der Waals surface area (Å²) in [5, 5.41) is 2.61. The maximum absolute atomic E-state index is 14.5. The highest BCUT2D eigenvalue weighted by Gasteiger charge is 2.43. The molecule has 150 valence electrons. The molecule has 1 atom stereocenters. The number of carbonyl (C=O) groups excluding carboxylic acids is 2. The summed E-state index contributed by atoms with van der Waals surface area (Å²) in [5.74, 6) is -0.908. The number of hydrogen-bond acceptors (Lipinski definition) is 4. The van der Waals surface area contributed by atoms with Crippen LogP contribution in [0.2, 0.25) is 0 Å². The van der Waals surface area contributed by atoms with Crippen molar-refractivity contribution in [2.24, 2.45) is 4.99 Å². The topological polar surface area (TPSA) is 61.8 Å². The molecule has 2 aliphatic carbocycles. The van der Waals surface area contributed by atoms with Crippen LogP contribution in [0.1, 0.15) is 44.9 Å². The van der Waals surface area contributed by atoms with Crippen molar-refractivity contribution < 1.29 is 18.4 Å². The number of alkyl halides is 1. The molecular formula is C20H23F2N3O2S. The Morgan fingerprint density at radius 3 is 2.71 bits per heavy atom. The Bertz CT molecular complexity index is 808. The number of para-hydroxylation sites is 1. The molecule has 1 aromatic carbocycles. The van der Waals surface area contributed by atoms with Crippen LogP contribution in [0.4, 0.5) is 14.5 Å². The van der Waals surface area contributed by atoms with Gasteiger partial charge in [0.25, 0.3) is 0 Å². The molecule has 0 radical (unpaired) electrons. The number of amidine groups is 1. The van der Waals surface area contributed by atoms with Gasteiger partial charge in [-0.05, 0) is 50.7 Å². The van der Waals surface area contributed by atoms with Gasteiger partial charge >= 0.3 is 0 Å². The number of halogens is 2. The van der Waals surface area contributed by atoms with Crippen LogP contribution < -0.4 is 5.32 Å². The first-order valence-corrected chi connectivity index (χ1v) is 10.6. The van der Waals surface area contributed by atoms with E-state index in [1.807, 2.05) is 0 Å². The zero-order valence-corrected chi connectivity index (χ0v) is 16.3. The number of amides is 2. The number of benzene rings is 1. The second-order valence-corrected chi connectivity index (χ2v) is 8.91. The average molecular weight is 407 g/mol. The lowest BCUT2D eigenvalue weighted by molar-refractivity contribution is -0.129. The second kappa shape index (κ2) is 7.81. The van der Waals surface area contributed by atoms with Crippen molar-refractivity contribution in [2.75, 3.05) is 6.54 Å². The largest absolute Gasteiger partial charge is 0.353 e. The van der Waals surface area contributed by atoms with Gasteiger partial charge in [0.1, 0.15) is 22.4 Å². The Labute approximate surface area is 167 Å². The third kappa shape index (κ3) is 4.37. The first-order valence-electron chi connectivity index (χ1n) is 9.73. The molecule has 3 aliphatic rings. The maximum Gasteiger partial charge on any atom is 0.242 e. The predicted molar refractivity (Wildman–Crippen MR) is 105 cm³/mol. The van der Waals surface area contributed by atoms with Gasteiger partial charge in [-0.25, -0.2) is 13.8 Å². The van der Waals surface area contributed by atoms with Crippen molar-refractivity contribution in [3.8, 4) is 0 Å². The molecule has 0 aromatic heterocycles. The van der Waals surface area contributed by atoms with Gasteiger partial charge in [0.15, 0.2) is 5.17 Å². The second-order valence-electron chi connectivity index (χ2n) is 7.74. The number of thioether (sulfide) groups is 1. The number of nitrogens with zero attached hydrogens (tertiary/aromatic N) is 2. The van der Waals surface area contributed by atoms with Crippen LogP contribution in [0.5, 0.6) is 0 Å². The maximum atomic E-state index is 14.5. The van der Waals surface area contributed by atoms with Crippen LogP contribution in [0, 0.1) is 5.82 Å². The molecule has 2 amide bonds. The summed E-state index contributed by atoms with van der Waals surface area (Å²) >= 11 is 1.16. The molecule has 1 saturated heterocycles. The van der Waals surface area contributed by atoms with Crippen LogP contribution in [0.25, 0.3) is 0 Å². The monoisotopic (exact) mass is 407 g/mol. The smallest absolute Gasteiger partial charge is 0.242 e. The van der Waals surface area contributed by atoms with Crippen molar-refractivity contribution >= 4 is 34.4 Å². The number of rotatable bonds is 7. The van der Waals surface area contributed by atoms with E-state index in [9.17, 15) is 18.4 Å². The SMILES string of the molecule is O=C(CC1SC(=Nc2ccccc2F)N(CCC2(F)CCC2)C1=O)NC1CC1. The lowest BCUT2D eigenvalue weighted by atomic mass is 9.79. The van der Waals surface area contributed by atoms with Gasteiger partial charge in [0, 0.05) is 19.0 Å². The van der Waals surface area contributed by atoms with E-state index < -0.39 is 16.7 Å². The number of hydrogen-bond donors (Lipinski definition) is 1. The van der Waals surface area contributed by atoms with E-state index >= 15 is 0 Å². The summed E-state index contributed by atoms with van der Waals surface area (Å²) in [5.41, 5.74) is -1.10. The normalized spacial score (nSPS) is 25.1. The summed E-state index contributed by atoms with van der Waals surface area (Å²) < 4.78 is 28.5. The van der Waals surface area contributed by atoms with Crippen molar-refractivity contribution in [1.82, 2.24) is 10.2 Å². The Kier molecular flexibility index (Phi) is 5.40. The fourth-order valence-corrected chi connectivity index (χ4v) is 4.56. The molecule has 1 N–H and O–H groups in total. The molecule has 1 unspecified atom stereocenters. The van der Waals surface area contributed by atoms with Crippen LogP contribution in [0.15, 0.2) is 29.3 Å². The van der Waals surface area contributed by atoms with Crippen LogP contribution >= 0.6 is 11.8 Å². The van der Waals surface area contributed by atoms with Gasteiger partial charge in [-0.15, -0.1) is 0 Å². The standard InChI is InChI=1S/C20H23F2N3O2S/c21-14-4-1-2-5-15(14)24-19-25(11-10-20(22)8-3-9-20)18(27)16(28-19)12-17(26)23-13-6-7-13/h1-2,4-5,13,16H,3,6-12H2,(H,23,26). The van der Waals surface area contributed by atoms with Gasteiger partial charge in [-0.2, -0.15) is 0 Å². The fraction of sp³-hybridized carbons (Fsp3) is 0.550. The highest BCUT2D eigenvalue weighted by molar-refractivity contribution is 8.15. The highest BCUT2D eigenvalue weighted by Crippen LogP contribution is 2.40. The third-order valence-corrected chi connectivity index (χ3v) is 6.61. The zero-order valence-electron chi connectivity index (χ0n) is 15.5. The summed E-state index contributed by atoms with van der Waals surface area (Å²) in [6, 6.07) is 6.29. The van der Waals surface area contributed by atoms with Crippen LogP contribution in [-0.2, 0) is 9.59 Å². The van der Waals surface area contributed by atoms with E-state index in [1.54, 1.807) is 12.1 Å². The van der Waals surface area contributed by atoms with Crippen molar-refractivity contribution in [3.05, 3.63) is 30.1 Å². The van der Waals surface area contributed by atoms with E-state index in [2.05, 4.69) is 10.3 Å². The Morgan fingerprint density at radius 2 is 2.07 bits per heavy atom. The summed E-state index contributed by atoms with van der Waals surface area (Å²) in [4.78, 5) is 30.8. The Morgan fingerprint density at radius 1 is 1.32 bits per heavy atom. The minimum absolute atomic E-state index is 0.0492. The predicted octanol–water partition coefficient (Wildman–Crippen LogP) is 3.71. The molecule has 1 aliphatic heterocycles. The average Bonchev–Trinajstić information content (AvgIpc) is 3.40. The molecule has 4 rings (SSSR count). The van der Waals surface area contributed by atoms with E-state index in [-0.39, 0.29) is 42.9 Å². The molecule has 2 saturated carbocycles. The van der Waals surface area contributed by atoms with E-state index in [1.165, 1.54) is 17.0 Å². The van der Waals surface area contributed by atoms with Gasteiger partial charge in [0.2, 0.25) is 11.8 Å². The fourth-order valence-electron chi connectivity index (χ4n) is 3.38. The summed E-state index contributed by atoms with van der Waals surface area (Å²) in [6.45, 7) is 0.191. The molecule has 0 spiro atoms.